The maximum absolute atomic E-state index is 6.13. The van der Waals surface area contributed by atoms with Gasteiger partial charge in [0.1, 0.15) is 0 Å². The Morgan fingerprint density at radius 2 is 2.07 bits per heavy atom. The quantitative estimate of drug-likeness (QED) is 0.803. The van der Waals surface area contributed by atoms with Crippen molar-refractivity contribution in [3.8, 4) is 0 Å². The molecule has 2 aromatic rings. The number of halogens is 1. The molecule has 0 bridgehead atoms. The standard InChI is InChI=1S/C12H13ClN2/c1-7-3-4-11(13)10-5-9(6-14)8(2)15-12(7)10/h3-5H,6,14H2,1-2H3. The second kappa shape index (κ2) is 3.80. The Kier molecular flexibility index (Phi) is 2.63. The van der Waals surface area contributed by atoms with Crippen molar-refractivity contribution in [2.75, 3.05) is 0 Å². The molecule has 2 rings (SSSR count). The summed E-state index contributed by atoms with van der Waals surface area (Å²) in [6.07, 6.45) is 0. The van der Waals surface area contributed by atoms with E-state index in [4.69, 9.17) is 17.3 Å². The Bertz CT molecular complexity index is 521. The van der Waals surface area contributed by atoms with E-state index in [0.717, 1.165) is 32.7 Å². The van der Waals surface area contributed by atoms with Gasteiger partial charge in [0.15, 0.2) is 0 Å². The Morgan fingerprint density at radius 3 is 2.73 bits per heavy atom. The molecule has 0 unspecified atom stereocenters. The van der Waals surface area contributed by atoms with Gasteiger partial charge in [-0.15, -0.1) is 0 Å². The van der Waals surface area contributed by atoms with Crippen LogP contribution in [0.2, 0.25) is 5.02 Å². The first-order chi connectivity index (χ1) is 7.13. The summed E-state index contributed by atoms with van der Waals surface area (Å²) in [6.45, 7) is 4.51. The van der Waals surface area contributed by atoms with Crippen molar-refractivity contribution in [2.45, 2.75) is 20.4 Å². The van der Waals surface area contributed by atoms with Crippen LogP contribution in [-0.2, 0) is 6.54 Å². The summed E-state index contributed by atoms with van der Waals surface area (Å²) in [5.41, 5.74) is 9.79. The molecule has 0 spiro atoms. The van der Waals surface area contributed by atoms with Crippen LogP contribution in [0.15, 0.2) is 18.2 Å². The van der Waals surface area contributed by atoms with Gasteiger partial charge in [0.2, 0.25) is 0 Å². The maximum atomic E-state index is 6.13. The van der Waals surface area contributed by atoms with Gasteiger partial charge in [-0.05, 0) is 37.1 Å². The smallest absolute Gasteiger partial charge is 0.0749 e. The number of nitrogens with two attached hydrogens (primary N) is 1. The van der Waals surface area contributed by atoms with Crippen LogP contribution in [0.1, 0.15) is 16.8 Å². The lowest BCUT2D eigenvalue weighted by molar-refractivity contribution is 1.02. The van der Waals surface area contributed by atoms with Crippen molar-refractivity contribution in [2.24, 2.45) is 5.73 Å². The van der Waals surface area contributed by atoms with Crippen LogP contribution in [0.4, 0.5) is 0 Å². The van der Waals surface area contributed by atoms with Crippen LogP contribution in [0.5, 0.6) is 0 Å². The summed E-state index contributed by atoms with van der Waals surface area (Å²) < 4.78 is 0. The molecular formula is C12H13ClN2. The van der Waals surface area contributed by atoms with Gasteiger partial charge in [-0.3, -0.25) is 4.98 Å². The summed E-state index contributed by atoms with van der Waals surface area (Å²) in [4.78, 5) is 4.54. The molecule has 1 heterocycles. The predicted octanol–water partition coefficient (Wildman–Crippen LogP) is 2.96. The molecule has 0 aliphatic carbocycles. The van der Waals surface area contributed by atoms with E-state index >= 15 is 0 Å². The number of rotatable bonds is 1. The number of nitrogens with zero attached hydrogens (tertiary/aromatic N) is 1. The highest BCUT2D eigenvalue weighted by Crippen LogP contribution is 2.26. The zero-order chi connectivity index (χ0) is 11.0. The number of hydrogen-bond acceptors (Lipinski definition) is 2. The van der Waals surface area contributed by atoms with Crippen LogP contribution >= 0.6 is 11.6 Å². The highest BCUT2D eigenvalue weighted by Gasteiger charge is 2.06. The Hall–Kier alpha value is -1.12. The molecule has 0 saturated carbocycles. The van der Waals surface area contributed by atoms with Gasteiger partial charge in [-0.25, -0.2) is 0 Å². The van der Waals surface area contributed by atoms with Crippen LogP contribution < -0.4 is 5.73 Å². The third-order valence-electron chi connectivity index (χ3n) is 2.65. The van der Waals surface area contributed by atoms with Crippen molar-refractivity contribution in [3.63, 3.8) is 0 Å². The molecule has 2 nitrogen and oxygen atoms in total. The lowest BCUT2D eigenvalue weighted by Crippen LogP contribution is -2.01. The molecular weight excluding hydrogens is 208 g/mol. The Labute approximate surface area is 94.1 Å². The largest absolute Gasteiger partial charge is 0.326 e. The molecule has 3 heteroatoms. The minimum absolute atomic E-state index is 0.499. The minimum Gasteiger partial charge on any atom is -0.326 e. The van der Waals surface area contributed by atoms with Crippen LogP contribution in [0.3, 0.4) is 0 Å². The van der Waals surface area contributed by atoms with Gasteiger partial charge >= 0.3 is 0 Å². The fourth-order valence-electron chi connectivity index (χ4n) is 1.70. The van der Waals surface area contributed by atoms with E-state index in [-0.39, 0.29) is 0 Å². The molecule has 78 valence electrons. The maximum Gasteiger partial charge on any atom is 0.0749 e. The summed E-state index contributed by atoms with van der Waals surface area (Å²) >= 11 is 6.13. The highest BCUT2D eigenvalue weighted by atomic mass is 35.5. The normalized spacial score (nSPS) is 10.9. The van der Waals surface area contributed by atoms with Gasteiger partial charge in [-0.2, -0.15) is 0 Å². The van der Waals surface area contributed by atoms with Crippen molar-refractivity contribution in [1.29, 1.82) is 0 Å². The van der Waals surface area contributed by atoms with Crippen LogP contribution in [-0.4, -0.2) is 4.98 Å². The predicted molar refractivity (Wildman–Crippen MR) is 64.1 cm³/mol. The van der Waals surface area contributed by atoms with E-state index in [1.807, 2.05) is 32.0 Å². The van der Waals surface area contributed by atoms with E-state index in [9.17, 15) is 0 Å². The average Bonchev–Trinajstić information content (AvgIpc) is 2.23. The van der Waals surface area contributed by atoms with Crippen LogP contribution in [0, 0.1) is 13.8 Å². The van der Waals surface area contributed by atoms with Gasteiger partial charge in [0.05, 0.1) is 5.52 Å². The van der Waals surface area contributed by atoms with Gasteiger partial charge in [-0.1, -0.05) is 17.7 Å². The van der Waals surface area contributed by atoms with Crippen molar-refractivity contribution in [1.82, 2.24) is 4.98 Å². The summed E-state index contributed by atoms with van der Waals surface area (Å²) in [7, 11) is 0. The fourth-order valence-corrected chi connectivity index (χ4v) is 1.91. The molecule has 0 aliphatic heterocycles. The molecule has 0 radical (unpaired) electrons. The molecule has 0 fully saturated rings. The first-order valence-corrected chi connectivity index (χ1v) is 5.26. The highest BCUT2D eigenvalue weighted by molar-refractivity contribution is 6.35. The fraction of sp³-hybridized carbons (Fsp3) is 0.250. The molecule has 2 N–H and O–H groups in total. The first-order valence-electron chi connectivity index (χ1n) is 4.89. The number of fused-ring (bicyclic) bond motifs is 1. The molecule has 0 saturated heterocycles. The van der Waals surface area contributed by atoms with Crippen molar-refractivity contribution in [3.05, 3.63) is 40.0 Å². The lowest BCUT2D eigenvalue weighted by atomic mass is 10.1. The van der Waals surface area contributed by atoms with Crippen molar-refractivity contribution >= 4 is 22.5 Å². The zero-order valence-corrected chi connectivity index (χ0v) is 9.60. The summed E-state index contributed by atoms with van der Waals surface area (Å²) in [5, 5.41) is 1.72. The van der Waals surface area contributed by atoms with E-state index in [1.165, 1.54) is 0 Å². The number of aromatic nitrogens is 1. The van der Waals surface area contributed by atoms with E-state index < -0.39 is 0 Å². The van der Waals surface area contributed by atoms with E-state index in [0.29, 0.717) is 6.54 Å². The minimum atomic E-state index is 0.499. The molecule has 0 aliphatic rings. The Morgan fingerprint density at radius 1 is 1.33 bits per heavy atom. The Balaban J connectivity index is 2.86. The third-order valence-corrected chi connectivity index (χ3v) is 2.98. The topological polar surface area (TPSA) is 38.9 Å². The number of pyridine rings is 1. The summed E-state index contributed by atoms with van der Waals surface area (Å²) in [5.74, 6) is 0. The van der Waals surface area contributed by atoms with E-state index in [2.05, 4.69) is 4.98 Å². The first kappa shape index (κ1) is 10.4. The molecule has 0 amide bonds. The SMILES string of the molecule is Cc1nc2c(C)ccc(Cl)c2cc1CN. The summed E-state index contributed by atoms with van der Waals surface area (Å²) in [6, 6.07) is 5.92. The molecule has 0 atom stereocenters. The average molecular weight is 221 g/mol. The lowest BCUT2D eigenvalue weighted by Gasteiger charge is -2.08. The second-order valence-corrected chi connectivity index (χ2v) is 4.10. The van der Waals surface area contributed by atoms with Crippen LogP contribution in [0.25, 0.3) is 10.9 Å². The van der Waals surface area contributed by atoms with Crippen molar-refractivity contribution < 1.29 is 0 Å². The number of hydrogen-bond donors (Lipinski definition) is 1. The third kappa shape index (κ3) is 1.71. The zero-order valence-electron chi connectivity index (χ0n) is 8.84. The number of aryl methyl sites for hydroxylation is 2. The van der Waals surface area contributed by atoms with Gasteiger partial charge < -0.3 is 5.73 Å². The second-order valence-electron chi connectivity index (χ2n) is 3.70. The molecule has 1 aromatic carbocycles. The number of benzene rings is 1. The molecule has 15 heavy (non-hydrogen) atoms. The van der Waals surface area contributed by atoms with Gasteiger partial charge in [0, 0.05) is 22.6 Å². The molecule has 1 aromatic heterocycles. The van der Waals surface area contributed by atoms with E-state index in [1.54, 1.807) is 0 Å². The van der Waals surface area contributed by atoms with Gasteiger partial charge in [0.25, 0.3) is 0 Å². The monoisotopic (exact) mass is 220 g/mol.